The maximum absolute atomic E-state index is 14.2. The van der Waals surface area contributed by atoms with Crippen molar-refractivity contribution in [3.8, 4) is 11.1 Å². The molecule has 0 unspecified atom stereocenters. The Hall–Kier alpha value is -3.89. The zero-order chi connectivity index (χ0) is 25.7. The Bertz CT molecular complexity index is 1480. The van der Waals surface area contributed by atoms with E-state index in [2.05, 4.69) is 15.0 Å². The molecule has 6 rings (SSSR count). The minimum absolute atomic E-state index is 0.0912. The average Bonchev–Trinajstić information content (AvgIpc) is 3.51. The zero-order valence-corrected chi connectivity index (χ0v) is 20.1. The monoisotopic (exact) mass is 505 g/mol. The van der Waals surface area contributed by atoms with Crippen molar-refractivity contribution in [2.24, 2.45) is 0 Å². The Morgan fingerprint density at radius 3 is 2.65 bits per heavy atom. The number of anilines is 1. The van der Waals surface area contributed by atoms with E-state index in [0.717, 1.165) is 29.5 Å². The van der Waals surface area contributed by atoms with Gasteiger partial charge in [0, 0.05) is 30.0 Å². The molecule has 10 heteroatoms. The number of hydrogen-bond donors (Lipinski definition) is 2. The van der Waals surface area contributed by atoms with Gasteiger partial charge in [-0.2, -0.15) is 0 Å². The van der Waals surface area contributed by atoms with Gasteiger partial charge in [0.1, 0.15) is 23.1 Å². The highest BCUT2D eigenvalue weighted by molar-refractivity contribution is 5.98. The minimum Gasteiger partial charge on any atom is -0.383 e. The number of benzene rings is 1. The molecule has 8 nitrogen and oxygen atoms in total. The van der Waals surface area contributed by atoms with E-state index in [1.54, 1.807) is 30.2 Å². The van der Waals surface area contributed by atoms with E-state index in [1.165, 1.54) is 24.4 Å². The first-order chi connectivity index (χ1) is 17.9. The highest BCUT2D eigenvalue weighted by Crippen LogP contribution is 2.34. The fourth-order valence-corrected chi connectivity index (χ4v) is 5.15. The van der Waals surface area contributed by atoms with Crippen LogP contribution in [0.5, 0.6) is 0 Å². The number of hydrogen-bond acceptors (Lipinski definition) is 6. The van der Waals surface area contributed by atoms with Gasteiger partial charge in [-0.05, 0) is 37.1 Å². The second-order valence-corrected chi connectivity index (χ2v) is 9.38. The van der Waals surface area contributed by atoms with Gasteiger partial charge in [0.05, 0.1) is 54.2 Å². The molecule has 3 N–H and O–H groups in total. The molecule has 1 aromatic carbocycles. The molecule has 2 aliphatic rings. The van der Waals surface area contributed by atoms with Gasteiger partial charge in [0.25, 0.3) is 5.91 Å². The SMILES string of the molecule is CO[C@@H]1CC[C@H]1N(Cc1ccc(-c2c(F)cccc2F)cn1)C(=O)c1cc2nc(N)c3c(c2[nH]1)COC3. The molecule has 1 aliphatic heterocycles. The molecular formula is C27H25F2N5O3. The van der Waals surface area contributed by atoms with Crippen molar-refractivity contribution in [3.63, 3.8) is 0 Å². The third-order valence-corrected chi connectivity index (χ3v) is 7.28. The number of nitrogen functional groups attached to an aromatic ring is 1. The van der Waals surface area contributed by atoms with Crippen molar-refractivity contribution < 1.29 is 23.0 Å². The lowest BCUT2D eigenvalue weighted by Crippen LogP contribution is -2.53. The van der Waals surface area contributed by atoms with Gasteiger partial charge in [0.15, 0.2) is 0 Å². The molecule has 0 bridgehead atoms. The summed E-state index contributed by atoms with van der Waals surface area (Å²) in [6.07, 6.45) is 2.97. The van der Waals surface area contributed by atoms with Crippen LogP contribution in [0.2, 0.25) is 0 Å². The second-order valence-electron chi connectivity index (χ2n) is 9.38. The number of aromatic amines is 1. The van der Waals surface area contributed by atoms with E-state index < -0.39 is 11.6 Å². The summed E-state index contributed by atoms with van der Waals surface area (Å²) in [6, 6.07) is 8.59. The fourth-order valence-electron chi connectivity index (χ4n) is 5.15. The number of amides is 1. The Labute approximate surface area is 211 Å². The molecule has 190 valence electrons. The fraction of sp³-hybridized carbons (Fsp3) is 0.296. The quantitative estimate of drug-likeness (QED) is 0.404. The van der Waals surface area contributed by atoms with Gasteiger partial charge in [-0.25, -0.2) is 13.8 Å². The molecule has 1 fully saturated rings. The number of carbonyl (C=O) groups excluding carboxylic acids is 1. The van der Waals surface area contributed by atoms with Gasteiger partial charge in [-0.3, -0.25) is 9.78 Å². The van der Waals surface area contributed by atoms with Crippen LogP contribution >= 0.6 is 0 Å². The third-order valence-electron chi connectivity index (χ3n) is 7.28. The Balaban J connectivity index is 1.32. The van der Waals surface area contributed by atoms with Crippen molar-refractivity contribution in [3.05, 3.63) is 76.7 Å². The van der Waals surface area contributed by atoms with Crippen LogP contribution < -0.4 is 5.73 Å². The predicted octanol–water partition coefficient (Wildman–Crippen LogP) is 4.34. The van der Waals surface area contributed by atoms with E-state index in [-0.39, 0.29) is 30.2 Å². The maximum atomic E-state index is 14.2. The number of nitrogens with one attached hydrogen (secondary N) is 1. The van der Waals surface area contributed by atoms with Gasteiger partial charge >= 0.3 is 0 Å². The molecule has 4 heterocycles. The number of carbonyl (C=O) groups is 1. The van der Waals surface area contributed by atoms with Crippen LogP contribution in [0.3, 0.4) is 0 Å². The zero-order valence-electron chi connectivity index (χ0n) is 20.1. The van der Waals surface area contributed by atoms with E-state index in [0.29, 0.717) is 41.5 Å². The van der Waals surface area contributed by atoms with Crippen molar-refractivity contribution >= 4 is 22.8 Å². The van der Waals surface area contributed by atoms with Crippen LogP contribution in [0.25, 0.3) is 22.2 Å². The topological polar surface area (TPSA) is 106 Å². The van der Waals surface area contributed by atoms with Crippen LogP contribution in [0.1, 0.15) is 40.2 Å². The van der Waals surface area contributed by atoms with E-state index in [4.69, 9.17) is 15.2 Å². The summed E-state index contributed by atoms with van der Waals surface area (Å²) in [5, 5.41) is 0. The highest BCUT2D eigenvalue weighted by atomic mass is 19.1. The minimum atomic E-state index is -0.659. The standard InChI is InChI=1S/C27H25F2N5O3/c1-36-23-8-7-22(23)34(11-15-6-5-14(10-31-15)24-18(28)3-2-4-19(24)29)27(35)21-9-20-25(32-21)16-12-37-13-17(16)26(30)33-20/h2-6,9-10,22-23,32H,7-8,11-13H2,1H3,(H2,30,33)/t22-,23-/m1/s1. The molecule has 1 aliphatic carbocycles. The lowest BCUT2D eigenvalue weighted by atomic mass is 9.87. The summed E-state index contributed by atoms with van der Waals surface area (Å²) in [5.41, 5.74) is 10.4. The van der Waals surface area contributed by atoms with Crippen LogP contribution in [0.15, 0.2) is 42.6 Å². The normalized spacial score (nSPS) is 18.6. The number of methoxy groups -OCH3 is 1. The van der Waals surface area contributed by atoms with Gasteiger partial charge in [-0.1, -0.05) is 12.1 Å². The van der Waals surface area contributed by atoms with Gasteiger partial charge < -0.3 is 25.1 Å². The molecule has 1 saturated carbocycles. The number of fused-ring (bicyclic) bond motifs is 3. The van der Waals surface area contributed by atoms with Crippen LogP contribution in [-0.4, -0.2) is 45.0 Å². The average molecular weight is 506 g/mol. The number of halogens is 2. The van der Waals surface area contributed by atoms with Crippen molar-refractivity contribution in [2.75, 3.05) is 12.8 Å². The molecule has 0 saturated heterocycles. The van der Waals surface area contributed by atoms with Crippen LogP contribution in [0.4, 0.5) is 14.6 Å². The lowest BCUT2D eigenvalue weighted by molar-refractivity contribution is -0.0425. The number of rotatable bonds is 6. The Morgan fingerprint density at radius 1 is 1.19 bits per heavy atom. The number of ether oxygens (including phenoxy) is 2. The second kappa shape index (κ2) is 9.20. The molecular weight excluding hydrogens is 480 g/mol. The van der Waals surface area contributed by atoms with Crippen LogP contribution in [-0.2, 0) is 29.2 Å². The molecule has 1 amide bonds. The molecule has 3 aromatic heterocycles. The molecule has 0 radical (unpaired) electrons. The van der Waals surface area contributed by atoms with Gasteiger partial charge in [0.2, 0.25) is 0 Å². The lowest BCUT2D eigenvalue weighted by Gasteiger charge is -2.43. The summed E-state index contributed by atoms with van der Waals surface area (Å²) in [6.45, 7) is 1.01. The number of aromatic nitrogens is 3. The van der Waals surface area contributed by atoms with E-state index >= 15 is 0 Å². The number of pyridine rings is 2. The largest absolute Gasteiger partial charge is 0.383 e. The molecule has 4 aromatic rings. The summed E-state index contributed by atoms with van der Waals surface area (Å²) in [5.74, 6) is -1.13. The molecule has 2 atom stereocenters. The first kappa shape index (κ1) is 23.5. The summed E-state index contributed by atoms with van der Waals surface area (Å²) in [7, 11) is 1.63. The van der Waals surface area contributed by atoms with E-state index in [1.807, 2.05) is 0 Å². The Kier molecular flexibility index (Phi) is 5.85. The number of nitrogens with zero attached hydrogens (tertiary/aromatic N) is 3. The third kappa shape index (κ3) is 4.02. The molecule has 0 spiro atoms. The highest BCUT2D eigenvalue weighted by Gasteiger charge is 2.39. The first-order valence-electron chi connectivity index (χ1n) is 12.1. The van der Waals surface area contributed by atoms with Crippen molar-refractivity contribution in [1.82, 2.24) is 19.9 Å². The van der Waals surface area contributed by atoms with Crippen molar-refractivity contribution in [1.29, 1.82) is 0 Å². The van der Waals surface area contributed by atoms with Gasteiger partial charge in [-0.15, -0.1) is 0 Å². The van der Waals surface area contributed by atoms with Crippen LogP contribution in [0, 0.1) is 11.6 Å². The van der Waals surface area contributed by atoms with E-state index in [9.17, 15) is 13.6 Å². The first-order valence-corrected chi connectivity index (χ1v) is 12.1. The Morgan fingerprint density at radius 2 is 1.97 bits per heavy atom. The number of H-pyrrole nitrogens is 1. The smallest absolute Gasteiger partial charge is 0.271 e. The number of nitrogens with two attached hydrogens (primary N) is 1. The molecule has 37 heavy (non-hydrogen) atoms. The summed E-state index contributed by atoms with van der Waals surface area (Å²) < 4.78 is 39.6. The maximum Gasteiger partial charge on any atom is 0.271 e. The summed E-state index contributed by atoms with van der Waals surface area (Å²) in [4.78, 5) is 27.6. The van der Waals surface area contributed by atoms with Crippen molar-refractivity contribution in [2.45, 2.75) is 44.7 Å². The predicted molar refractivity (Wildman–Crippen MR) is 132 cm³/mol. The summed E-state index contributed by atoms with van der Waals surface area (Å²) >= 11 is 0.